The number of rotatable bonds is 4. The Balaban J connectivity index is 1.69. The summed E-state index contributed by atoms with van der Waals surface area (Å²) in [5.41, 5.74) is 2.84. The number of amides is 1. The Bertz CT molecular complexity index is 1180. The second kappa shape index (κ2) is 8.32. The number of aliphatic imine (C=N–C) groups is 1. The molecule has 13 heteroatoms. The van der Waals surface area contributed by atoms with Crippen LogP contribution in [0.4, 0.5) is 32.0 Å². The topological polar surface area (TPSA) is 89.6 Å². The van der Waals surface area contributed by atoms with Crippen molar-refractivity contribution >= 4 is 30.2 Å². The number of nitrogens with one attached hydrogen (secondary N) is 1. The number of nitrogens with two attached hydrogens (primary N) is 1. The molecule has 0 saturated heterocycles. The fourth-order valence-electron chi connectivity index (χ4n) is 4.67. The average molecular weight is 518 g/mol. The molecule has 4 rings (SSSR count). The lowest BCUT2D eigenvalue weighted by molar-refractivity contribution is -0.137. The lowest BCUT2D eigenvalue weighted by Crippen LogP contribution is -2.53. The van der Waals surface area contributed by atoms with E-state index in [9.17, 15) is 26.7 Å². The predicted octanol–water partition coefficient (Wildman–Crippen LogP) is 4.77. The standard InChI is InChI=1S/C22H20F6N4O2S/c1-19(24,25)21(35)7-6-20(16(21)10-34-18(29)32-20)13-8-12(3-4-14(13)23)31-17(33)15-5-2-11(9-30-15)22(26,27)28/h2-5,8-9,16,35H,6-7,10H2,1H3,(H2,29,32)(H,31,33)/t16-,20+,21+/m0/s1. The van der Waals surface area contributed by atoms with Crippen LogP contribution in [-0.4, -0.2) is 34.2 Å². The predicted molar refractivity (Wildman–Crippen MR) is 118 cm³/mol. The Labute approximate surface area is 201 Å². The summed E-state index contributed by atoms with van der Waals surface area (Å²) in [6.45, 7) is 0.454. The minimum absolute atomic E-state index is 0.0105. The van der Waals surface area contributed by atoms with Crippen molar-refractivity contribution in [2.75, 3.05) is 11.9 Å². The van der Waals surface area contributed by atoms with Crippen molar-refractivity contribution < 1.29 is 35.9 Å². The van der Waals surface area contributed by atoms with Gasteiger partial charge in [0.25, 0.3) is 17.9 Å². The highest BCUT2D eigenvalue weighted by atomic mass is 32.1. The van der Waals surface area contributed by atoms with Gasteiger partial charge < -0.3 is 15.8 Å². The van der Waals surface area contributed by atoms with E-state index in [4.69, 9.17) is 10.5 Å². The van der Waals surface area contributed by atoms with Crippen LogP contribution in [0.25, 0.3) is 0 Å². The van der Waals surface area contributed by atoms with Gasteiger partial charge in [-0.3, -0.25) is 9.78 Å². The summed E-state index contributed by atoms with van der Waals surface area (Å²) in [5, 5.41) is 2.43. The molecule has 1 saturated carbocycles. The molecular formula is C22H20F6N4O2S. The number of benzene rings is 1. The number of fused-ring (bicyclic) bond motifs is 1. The highest BCUT2D eigenvalue weighted by Gasteiger charge is 2.66. The van der Waals surface area contributed by atoms with Gasteiger partial charge in [-0.25, -0.2) is 18.2 Å². The molecule has 35 heavy (non-hydrogen) atoms. The van der Waals surface area contributed by atoms with Crippen LogP contribution in [0.2, 0.25) is 0 Å². The molecule has 6 nitrogen and oxygen atoms in total. The van der Waals surface area contributed by atoms with Gasteiger partial charge in [0, 0.05) is 30.3 Å². The van der Waals surface area contributed by atoms with E-state index in [0.29, 0.717) is 12.3 Å². The van der Waals surface area contributed by atoms with Crippen LogP contribution in [0.15, 0.2) is 41.5 Å². The number of aromatic nitrogens is 1. The smallest absolute Gasteiger partial charge is 0.417 e. The van der Waals surface area contributed by atoms with Crippen LogP contribution in [0.3, 0.4) is 0 Å². The van der Waals surface area contributed by atoms with Crippen molar-refractivity contribution in [3.8, 4) is 0 Å². The summed E-state index contributed by atoms with van der Waals surface area (Å²) in [5.74, 6) is -5.93. The van der Waals surface area contributed by atoms with Gasteiger partial charge in [0.05, 0.1) is 16.9 Å². The van der Waals surface area contributed by atoms with E-state index in [1.807, 2.05) is 0 Å². The molecule has 0 unspecified atom stereocenters. The molecule has 3 N–H and O–H groups in total. The van der Waals surface area contributed by atoms with Crippen LogP contribution < -0.4 is 11.1 Å². The quantitative estimate of drug-likeness (QED) is 0.402. The number of nitrogens with zero attached hydrogens (tertiary/aromatic N) is 2. The van der Waals surface area contributed by atoms with Gasteiger partial charge in [-0.15, -0.1) is 0 Å². The highest BCUT2D eigenvalue weighted by Crippen LogP contribution is 2.61. The Hall–Kier alpha value is -2.96. The number of alkyl halides is 5. The zero-order valence-corrected chi connectivity index (χ0v) is 19.1. The van der Waals surface area contributed by atoms with Crippen molar-refractivity contribution in [2.45, 2.75) is 42.2 Å². The van der Waals surface area contributed by atoms with Gasteiger partial charge in [-0.1, -0.05) is 0 Å². The monoisotopic (exact) mass is 518 g/mol. The molecule has 0 radical (unpaired) electrons. The molecule has 2 aliphatic rings. The maximum Gasteiger partial charge on any atom is 0.417 e. The van der Waals surface area contributed by atoms with Crippen molar-refractivity contribution in [1.29, 1.82) is 0 Å². The third-order valence-electron chi connectivity index (χ3n) is 6.52. The van der Waals surface area contributed by atoms with E-state index in [1.54, 1.807) is 0 Å². The fourth-order valence-corrected chi connectivity index (χ4v) is 5.07. The Kier molecular flexibility index (Phi) is 5.97. The van der Waals surface area contributed by atoms with Crippen molar-refractivity contribution in [3.05, 3.63) is 59.2 Å². The van der Waals surface area contributed by atoms with Crippen LogP contribution in [0, 0.1) is 11.7 Å². The number of ether oxygens (including phenoxy) is 1. The normalized spacial score (nSPS) is 26.5. The molecule has 1 aromatic heterocycles. The van der Waals surface area contributed by atoms with Gasteiger partial charge in [0.2, 0.25) is 0 Å². The average Bonchev–Trinajstić information content (AvgIpc) is 3.08. The maximum absolute atomic E-state index is 15.1. The third-order valence-corrected chi connectivity index (χ3v) is 7.45. The summed E-state index contributed by atoms with van der Waals surface area (Å²) in [6.07, 6.45) is -4.22. The molecule has 1 aliphatic heterocycles. The second-order valence-corrected chi connectivity index (χ2v) is 9.43. The largest absolute Gasteiger partial charge is 0.465 e. The van der Waals surface area contributed by atoms with Gasteiger partial charge in [0.15, 0.2) is 0 Å². The van der Waals surface area contributed by atoms with Gasteiger partial charge >= 0.3 is 6.18 Å². The van der Waals surface area contributed by atoms with Crippen LogP contribution >= 0.6 is 12.6 Å². The van der Waals surface area contributed by atoms with Crippen molar-refractivity contribution in [2.24, 2.45) is 16.6 Å². The van der Waals surface area contributed by atoms with Gasteiger partial charge in [-0.05, 0) is 43.2 Å². The minimum atomic E-state index is -4.62. The number of hydrogen-bond acceptors (Lipinski definition) is 6. The first-order valence-electron chi connectivity index (χ1n) is 10.4. The molecule has 1 amide bonds. The summed E-state index contributed by atoms with van der Waals surface area (Å²) in [4.78, 5) is 20.3. The Morgan fingerprint density at radius 1 is 1.20 bits per heavy atom. The Morgan fingerprint density at radius 3 is 2.51 bits per heavy atom. The molecule has 2 aromatic rings. The molecule has 2 heterocycles. The van der Waals surface area contributed by atoms with E-state index in [0.717, 1.165) is 19.1 Å². The van der Waals surface area contributed by atoms with Crippen LogP contribution in [0.1, 0.15) is 41.4 Å². The Morgan fingerprint density at radius 2 is 1.91 bits per heavy atom. The molecule has 0 bridgehead atoms. The van der Waals surface area contributed by atoms with Crippen LogP contribution in [-0.2, 0) is 16.5 Å². The van der Waals surface area contributed by atoms with E-state index in [-0.39, 0.29) is 42.4 Å². The maximum atomic E-state index is 15.1. The molecule has 1 fully saturated rings. The zero-order valence-electron chi connectivity index (χ0n) is 18.2. The number of pyridine rings is 1. The first-order valence-corrected chi connectivity index (χ1v) is 10.8. The van der Waals surface area contributed by atoms with E-state index >= 15 is 4.39 Å². The number of amidine groups is 1. The van der Waals surface area contributed by atoms with E-state index in [2.05, 4.69) is 27.9 Å². The molecule has 1 aromatic carbocycles. The number of hydrogen-bond donors (Lipinski definition) is 3. The lowest BCUT2D eigenvalue weighted by Gasteiger charge is -2.43. The SMILES string of the molecule is CC(F)(F)[C@@]1(S)CC[C@]2(c3cc(NC(=O)c4ccc(C(F)(F)F)cn4)ccc3F)N=C(N)OC[C@H]12. The van der Waals surface area contributed by atoms with Gasteiger partial charge in [-0.2, -0.15) is 25.8 Å². The van der Waals surface area contributed by atoms with Crippen molar-refractivity contribution in [1.82, 2.24) is 4.98 Å². The number of anilines is 1. The zero-order chi connectivity index (χ0) is 25.8. The number of carbonyl (C=O) groups excluding carboxylic acids is 1. The summed E-state index contributed by atoms with van der Waals surface area (Å²) < 4.78 is 85.8. The minimum Gasteiger partial charge on any atom is -0.465 e. The van der Waals surface area contributed by atoms with Gasteiger partial charge in [0.1, 0.15) is 17.1 Å². The number of halogens is 6. The lowest BCUT2D eigenvalue weighted by atomic mass is 9.75. The summed E-state index contributed by atoms with van der Waals surface area (Å²) in [7, 11) is 0. The number of thiol groups is 1. The fraction of sp³-hybridized carbons (Fsp3) is 0.409. The van der Waals surface area contributed by atoms with E-state index in [1.165, 1.54) is 12.1 Å². The molecular weight excluding hydrogens is 498 g/mol. The molecule has 0 spiro atoms. The number of carbonyl (C=O) groups is 1. The van der Waals surface area contributed by atoms with Crippen LogP contribution in [0.5, 0.6) is 0 Å². The molecule has 1 aliphatic carbocycles. The third kappa shape index (κ3) is 4.30. The first kappa shape index (κ1) is 25.1. The first-order chi connectivity index (χ1) is 16.2. The summed E-state index contributed by atoms with van der Waals surface area (Å²) >= 11 is 4.29. The summed E-state index contributed by atoms with van der Waals surface area (Å²) in [6, 6.07) is 4.80. The molecule has 188 valence electrons. The van der Waals surface area contributed by atoms with E-state index < -0.39 is 45.6 Å². The molecule has 3 atom stereocenters. The van der Waals surface area contributed by atoms with Crippen molar-refractivity contribution in [3.63, 3.8) is 0 Å². The highest BCUT2D eigenvalue weighted by molar-refractivity contribution is 7.82. The second-order valence-electron chi connectivity index (χ2n) is 8.63.